The van der Waals surface area contributed by atoms with Crippen LogP contribution in [0.5, 0.6) is 5.75 Å². The van der Waals surface area contributed by atoms with Crippen LogP contribution in [0.15, 0.2) is 76.8 Å². The van der Waals surface area contributed by atoms with Crippen LogP contribution in [0.1, 0.15) is 74.4 Å². The summed E-state index contributed by atoms with van der Waals surface area (Å²) >= 11 is 12.6. The number of benzene rings is 3. The van der Waals surface area contributed by atoms with Crippen molar-refractivity contribution in [3.8, 4) is 5.75 Å². The number of nitrogens with one attached hydrogen (secondary N) is 5. The minimum Gasteiger partial charge on any atom is -0.494 e. The number of benzodiazepines with no additional fused rings is 1. The number of nitrogens with zero attached hydrogens (tertiary/aromatic N) is 3. The summed E-state index contributed by atoms with van der Waals surface area (Å²) in [6, 6.07) is 16.9. The Kier molecular flexibility index (Phi) is 15.9. The molecule has 6 amide bonds. The highest BCUT2D eigenvalue weighted by molar-refractivity contribution is 6.37. The molecule has 0 bridgehead atoms. The number of methoxy groups -OCH3 is 1. The van der Waals surface area contributed by atoms with Gasteiger partial charge in [0.1, 0.15) is 12.1 Å². The minimum absolute atomic E-state index is 0.0243. The normalized spacial score (nSPS) is 18.1. The standard InChI is InChI=1S/C43H50Cl2N8O8/c1-43(2,3)61-35(55)21-29(23-48-52-42(59)47-22-25-15-17-27(18-16-25)39(56)46-4)49-34(54)24-53-33-14-10-9-13-30(33)36(26-11-7-6-8-12-26)50-38(41(53)58)51-40(57)28-19-31(44)37(60-5)32(45)20-28/h6-14,19-20,23,25,27,29,38H,15-18,21-22,24H2,1-5H3,(H,46,56)(H,49,54)(H,51,57)(H2,47,52,59)/b48-23+/t25?,27?,29-,38?/m0/s1. The number of hydrogen-bond donors (Lipinski definition) is 5. The second kappa shape index (κ2) is 21.0. The van der Waals surface area contributed by atoms with Gasteiger partial charge in [-0.3, -0.25) is 28.9 Å². The molecule has 2 aliphatic rings. The van der Waals surface area contributed by atoms with Crippen molar-refractivity contribution in [2.24, 2.45) is 21.9 Å². The number of anilines is 1. The smallest absolute Gasteiger partial charge is 0.335 e. The second-order valence-corrected chi connectivity index (χ2v) is 16.3. The van der Waals surface area contributed by atoms with Gasteiger partial charge in [-0.05, 0) is 70.6 Å². The Morgan fingerprint density at radius 2 is 1.62 bits per heavy atom. The molecule has 61 heavy (non-hydrogen) atoms. The van der Waals surface area contributed by atoms with Crippen molar-refractivity contribution in [2.75, 3.05) is 32.1 Å². The Morgan fingerprint density at radius 1 is 0.967 bits per heavy atom. The van der Waals surface area contributed by atoms with E-state index in [-0.39, 0.29) is 45.5 Å². The van der Waals surface area contributed by atoms with Crippen LogP contribution in [0.3, 0.4) is 0 Å². The summed E-state index contributed by atoms with van der Waals surface area (Å²) in [6.45, 7) is 4.90. The number of amides is 6. The first-order chi connectivity index (χ1) is 29.1. The largest absolute Gasteiger partial charge is 0.494 e. The molecular formula is C43H50Cl2N8O8. The van der Waals surface area contributed by atoms with E-state index in [2.05, 4.69) is 31.8 Å². The van der Waals surface area contributed by atoms with Gasteiger partial charge < -0.3 is 30.7 Å². The molecule has 5 rings (SSSR count). The lowest BCUT2D eigenvalue weighted by Gasteiger charge is -2.27. The summed E-state index contributed by atoms with van der Waals surface area (Å²) in [4.78, 5) is 85.7. The molecule has 1 aliphatic heterocycles. The van der Waals surface area contributed by atoms with Crippen LogP contribution in [0.4, 0.5) is 10.5 Å². The summed E-state index contributed by atoms with van der Waals surface area (Å²) in [7, 11) is 3.00. The lowest BCUT2D eigenvalue weighted by atomic mass is 9.81. The Balaban J connectivity index is 1.35. The SMILES string of the molecule is CNC(=O)C1CCC(CNC(=O)N/N=C/[C@H](CC(=O)OC(C)(C)C)NC(=O)CN2C(=O)C(NC(=O)c3cc(Cl)c(OC)c(Cl)c3)N=C(c3ccccc3)c3ccccc32)CC1. The van der Waals surface area contributed by atoms with E-state index in [0.29, 0.717) is 29.1 Å². The molecule has 0 saturated heterocycles. The first-order valence-electron chi connectivity index (χ1n) is 19.7. The summed E-state index contributed by atoms with van der Waals surface area (Å²) in [5.41, 5.74) is 3.42. The molecular weight excluding hydrogens is 827 g/mol. The Bertz CT molecular complexity index is 2150. The fourth-order valence-electron chi connectivity index (χ4n) is 7.00. The molecule has 18 heteroatoms. The highest BCUT2D eigenvalue weighted by Crippen LogP contribution is 2.34. The van der Waals surface area contributed by atoms with Gasteiger partial charge in [0.15, 0.2) is 5.75 Å². The van der Waals surface area contributed by atoms with Gasteiger partial charge >= 0.3 is 12.0 Å². The van der Waals surface area contributed by atoms with E-state index in [9.17, 15) is 28.8 Å². The van der Waals surface area contributed by atoms with Crippen molar-refractivity contribution < 1.29 is 38.2 Å². The Labute approximate surface area is 364 Å². The zero-order valence-electron chi connectivity index (χ0n) is 34.6. The molecule has 5 N–H and O–H groups in total. The summed E-state index contributed by atoms with van der Waals surface area (Å²) in [5.74, 6) is -2.47. The predicted octanol–water partition coefficient (Wildman–Crippen LogP) is 5.00. The molecule has 324 valence electrons. The van der Waals surface area contributed by atoms with Gasteiger partial charge in [0.2, 0.25) is 18.0 Å². The number of hydrogen-bond acceptors (Lipinski definition) is 10. The molecule has 1 heterocycles. The van der Waals surface area contributed by atoms with Gasteiger partial charge in [-0.25, -0.2) is 15.2 Å². The topological polar surface area (TPSA) is 209 Å². The second-order valence-electron chi connectivity index (χ2n) is 15.5. The summed E-state index contributed by atoms with van der Waals surface area (Å²) in [5, 5.41) is 15.0. The van der Waals surface area contributed by atoms with Gasteiger partial charge in [0.25, 0.3) is 11.8 Å². The lowest BCUT2D eigenvalue weighted by Crippen LogP contribution is -2.51. The number of carbonyl (C=O) groups excluding carboxylic acids is 6. The predicted molar refractivity (Wildman–Crippen MR) is 232 cm³/mol. The van der Waals surface area contributed by atoms with Crippen LogP contribution in [-0.4, -0.2) is 92.6 Å². The maximum Gasteiger partial charge on any atom is 0.335 e. The van der Waals surface area contributed by atoms with E-state index in [1.807, 2.05) is 6.07 Å². The maximum absolute atomic E-state index is 14.5. The molecule has 3 aromatic carbocycles. The Morgan fingerprint density at radius 3 is 2.26 bits per heavy atom. The third-order valence-electron chi connectivity index (χ3n) is 9.88. The number of urea groups is 1. The molecule has 1 aliphatic carbocycles. The number of carbonyl (C=O) groups is 6. The molecule has 2 atom stereocenters. The molecule has 0 spiro atoms. The third-order valence-corrected chi connectivity index (χ3v) is 10.4. The first-order valence-corrected chi connectivity index (χ1v) is 20.5. The molecule has 0 radical (unpaired) electrons. The molecule has 16 nitrogen and oxygen atoms in total. The van der Waals surface area contributed by atoms with Gasteiger partial charge in [-0.15, -0.1) is 0 Å². The van der Waals surface area contributed by atoms with Crippen molar-refractivity contribution >= 4 is 76.4 Å². The van der Waals surface area contributed by atoms with Crippen LogP contribution < -0.4 is 36.3 Å². The van der Waals surface area contributed by atoms with Crippen molar-refractivity contribution in [1.29, 1.82) is 0 Å². The average Bonchev–Trinajstić information content (AvgIpc) is 3.33. The van der Waals surface area contributed by atoms with E-state index < -0.39 is 54.1 Å². The maximum atomic E-state index is 14.5. The Hall–Kier alpha value is -6.00. The van der Waals surface area contributed by atoms with E-state index in [1.165, 1.54) is 30.4 Å². The summed E-state index contributed by atoms with van der Waals surface area (Å²) in [6.07, 6.45) is 2.34. The molecule has 1 unspecified atom stereocenters. The van der Waals surface area contributed by atoms with Crippen molar-refractivity contribution in [3.63, 3.8) is 0 Å². The summed E-state index contributed by atoms with van der Waals surface area (Å²) < 4.78 is 10.7. The van der Waals surface area contributed by atoms with E-state index in [0.717, 1.165) is 25.7 Å². The third kappa shape index (κ3) is 12.8. The van der Waals surface area contributed by atoms with Crippen LogP contribution >= 0.6 is 23.2 Å². The number of esters is 1. The van der Waals surface area contributed by atoms with Crippen molar-refractivity contribution in [2.45, 2.75) is 70.7 Å². The fraction of sp³-hybridized carbons (Fsp3) is 0.395. The van der Waals surface area contributed by atoms with E-state index in [4.69, 9.17) is 37.7 Å². The monoisotopic (exact) mass is 876 g/mol. The number of fused-ring (bicyclic) bond motifs is 1. The highest BCUT2D eigenvalue weighted by Gasteiger charge is 2.35. The van der Waals surface area contributed by atoms with Crippen LogP contribution in [0.25, 0.3) is 0 Å². The van der Waals surface area contributed by atoms with Crippen LogP contribution in [0, 0.1) is 11.8 Å². The molecule has 0 aromatic heterocycles. The molecule has 1 fully saturated rings. The zero-order valence-corrected chi connectivity index (χ0v) is 36.1. The van der Waals surface area contributed by atoms with Gasteiger partial charge in [-0.1, -0.05) is 71.7 Å². The van der Waals surface area contributed by atoms with Crippen molar-refractivity contribution in [1.82, 2.24) is 26.7 Å². The van der Waals surface area contributed by atoms with E-state index >= 15 is 0 Å². The minimum atomic E-state index is -1.53. The molecule has 3 aromatic rings. The number of ether oxygens (including phenoxy) is 2. The number of para-hydroxylation sites is 1. The van der Waals surface area contributed by atoms with E-state index in [1.54, 1.807) is 76.3 Å². The first kappa shape index (κ1) is 46.1. The lowest BCUT2D eigenvalue weighted by molar-refractivity contribution is -0.155. The number of hydrazone groups is 1. The van der Waals surface area contributed by atoms with Crippen LogP contribution in [0.2, 0.25) is 10.0 Å². The molecule has 1 saturated carbocycles. The highest BCUT2D eigenvalue weighted by atomic mass is 35.5. The van der Waals surface area contributed by atoms with Gasteiger partial charge in [-0.2, -0.15) is 5.10 Å². The van der Waals surface area contributed by atoms with Gasteiger partial charge in [0, 0.05) is 42.4 Å². The average molecular weight is 878 g/mol. The number of halogens is 2. The van der Waals surface area contributed by atoms with Crippen molar-refractivity contribution in [3.05, 3.63) is 93.5 Å². The fourth-order valence-corrected chi connectivity index (χ4v) is 7.64. The van der Waals surface area contributed by atoms with Gasteiger partial charge in [0.05, 0.1) is 41.0 Å². The quantitative estimate of drug-likeness (QED) is 0.0845. The zero-order chi connectivity index (χ0) is 44.3. The number of aliphatic imine (C=N–C) groups is 1. The van der Waals surface area contributed by atoms with Crippen LogP contribution in [-0.2, 0) is 23.9 Å². The number of rotatable bonds is 14.